The van der Waals surface area contributed by atoms with Crippen molar-refractivity contribution in [1.82, 2.24) is 0 Å². The minimum Gasteiger partial charge on any atom is -0.546 e. The Labute approximate surface area is 215 Å². The van der Waals surface area contributed by atoms with Gasteiger partial charge >= 0.3 is 0 Å². The van der Waals surface area contributed by atoms with Crippen LogP contribution in [0.3, 0.4) is 0 Å². The van der Waals surface area contributed by atoms with Gasteiger partial charge in [-0.15, -0.1) is 0 Å². The highest BCUT2D eigenvalue weighted by molar-refractivity contribution is 6.74. The molecule has 0 N–H and O–H groups in total. The molecule has 0 bridgehead atoms. The first-order chi connectivity index (χ1) is 16.1. The van der Waals surface area contributed by atoms with Crippen molar-refractivity contribution in [3.8, 4) is 0 Å². The van der Waals surface area contributed by atoms with Crippen LogP contribution in [0.1, 0.15) is 70.2 Å². The normalized spacial score (nSPS) is 16.5. The SMILES string of the molecule is CC(C)(C)[Si](C)(C)OC1=C(CC2=C(O[Si](C)(C)C(C)(C)C)Cc3ccccc32)c2ccccc2C1. The van der Waals surface area contributed by atoms with Crippen molar-refractivity contribution in [2.75, 3.05) is 0 Å². The van der Waals surface area contributed by atoms with Crippen LogP contribution in [0, 0.1) is 0 Å². The van der Waals surface area contributed by atoms with Gasteiger partial charge in [0.1, 0.15) is 0 Å². The van der Waals surface area contributed by atoms with Crippen LogP contribution in [0.15, 0.2) is 60.0 Å². The fraction of sp³-hybridized carbons (Fsp3) is 0.484. The molecule has 0 spiro atoms. The number of allylic oxidation sites excluding steroid dienone is 4. The number of rotatable bonds is 6. The second kappa shape index (κ2) is 8.81. The van der Waals surface area contributed by atoms with Crippen molar-refractivity contribution in [2.45, 2.75) is 97.1 Å². The Hall–Kier alpha value is -2.05. The van der Waals surface area contributed by atoms with Gasteiger partial charge in [0.25, 0.3) is 0 Å². The fourth-order valence-electron chi connectivity index (χ4n) is 4.48. The molecule has 0 radical (unpaired) electrons. The maximum Gasteiger partial charge on any atom is 0.250 e. The molecule has 4 rings (SSSR count). The summed E-state index contributed by atoms with van der Waals surface area (Å²) in [6, 6.07) is 17.7. The third-order valence-corrected chi connectivity index (χ3v) is 17.5. The molecule has 2 aliphatic carbocycles. The van der Waals surface area contributed by atoms with E-state index in [9.17, 15) is 0 Å². The van der Waals surface area contributed by atoms with Crippen molar-refractivity contribution in [3.63, 3.8) is 0 Å². The summed E-state index contributed by atoms with van der Waals surface area (Å²) < 4.78 is 14.0. The van der Waals surface area contributed by atoms with Crippen LogP contribution in [0.25, 0.3) is 11.1 Å². The second-order valence-corrected chi connectivity index (χ2v) is 22.8. The van der Waals surface area contributed by atoms with Crippen LogP contribution in [-0.4, -0.2) is 16.6 Å². The minimum atomic E-state index is -1.96. The summed E-state index contributed by atoms with van der Waals surface area (Å²) in [4.78, 5) is 0. The first kappa shape index (κ1) is 26.0. The molecule has 4 heteroatoms. The molecular formula is C31H44O2Si2. The van der Waals surface area contributed by atoms with E-state index in [1.165, 1.54) is 44.9 Å². The summed E-state index contributed by atoms with van der Waals surface area (Å²) >= 11 is 0. The van der Waals surface area contributed by atoms with Gasteiger partial charge in [0, 0.05) is 30.4 Å². The molecule has 0 fully saturated rings. The number of hydrogen-bond donors (Lipinski definition) is 0. The Morgan fingerprint density at radius 1 is 0.600 bits per heavy atom. The predicted octanol–water partition coefficient (Wildman–Crippen LogP) is 9.35. The van der Waals surface area contributed by atoms with E-state index in [-0.39, 0.29) is 10.1 Å². The van der Waals surface area contributed by atoms with Crippen molar-refractivity contribution < 1.29 is 8.85 Å². The summed E-state index contributed by atoms with van der Waals surface area (Å²) in [5, 5.41) is 0.325. The van der Waals surface area contributed by atoms with Crippen LogP contribution >= 0.6 is 0 Å². The van der Waals surface area contributed by atoms with E-state index in [0.717, 1.165) is 19.3 Å². The molecule has 0 unspecified atom stereocenters. The molecule has 2 aromatic carbocycles. The van der Waals surface area contributed by atoms with Crippen LogP contribution in [0.4, 0.5) is 0 Å². The Morgan fingerprint density at radius 3 is 1.29 bits per heavy atom. The maximum absolute atomic E-state index is 7.01. The monoisotopic (exact) mass is 504 g/mol. The van der Waals surface area contributed by atoms with Gasteiger partial charge in [-0.2, -0.15) is 0 Å². The molecule has 2 aliphatic rings. The van der Waals surface area contributed by atoms with E-state index in [1.807, 2.05) is 0 Å². The Balaban J connectivity index is 1.81. The number of fused-ring (bicyclic) bond motifs is 2. The standard InChI is InChI=1S/C31H44O2Si2/c1-30(2,3)34(7,8)32-28-19-22-15-11-13-17-24(22)26(28)21-27-25-18-14-12-16-23(25)20-29(27)33-35(9,10)31(4,5)6/h11-18H,19-21H2,1-10H3. The minimum absolute atomic E-state index is 0.162. The van der Waals surface area contributed by atoms with Crippen LogP contribution in [0.2, 0.25) is 36.3 Å². The molecular weight excluding hydrogens is 461 g/mol. The van der Waals surface area contributed by atoms with Crippen molar-refractivity contribution >= 4 is 27.8 Å². The molecule has 0 atom stereocenters. The molecule has 2 nitrogen and oxygen atoms in total. The summed E-state index contributed by atoms with van der Waals surface area (Å²) in [7, 11) is -3.91. The lowest BCUT2D eigenvalue weighted by Crippen LogP contribution is -2.40. The average Bonchev–Trinajstić information content (AvgIpc) is 3.24. The molecule has 0 amide bonds. The Bertz CT molecular complexity index is 1090. The first-order valence-corrected chi connectivity index (χ1v) is 18.9. The van der Waals surface area contributed by atoms with Gasteiger partial charge in [-0.25, -0.2) is 0 Å². The van der Waals surface area contributed by atoms with Crippen LogP contribution in [0.5, 0.6) is 0 Å². The van der Waals surface area contributed by atoms with E-state index in [4.69, 9.17) is 8.85 Å². The van der Waals surface area contributed by atoms with E-state index in [0.29, 0.717) is 0 Å². The zero-order valence-electron chi connectivity index (χ0n) is 23.6. The smallest absolute Gasteiger partial charge is 0.250 e. The largest absolute Gasteiger partial charge is 0.546 e. The highest BCUT2D eigenvalue weighted by atomic mass is 28.4. The lowest BCUT2D eigenvalue weighted by atomic mass is 9.95. The van der Waals surface area contributed by atoms with E-state index < -0.39 is 16.6 Å². The van der Waals surface area contributed by atoms with Crippen molar-refractivity contribution in [2.24, 2.45) is 0 Å². The van der Waals surface area contributed by atoms with Crippen molar-refractivity contribution in [1.29, 1.82) is 0 Å². The molecule has 0 saturated carbocycles. The van der Waals surface area contributed by atoms with Crippen LogP contribution < -0.4 is 0 Å². The van der Waals surface area contributed by atoms with E-state index >= 15 is 0 Å². The molecule has 0 saturated heterocycles. The third kappa shape index (κ3) is 4.97. The highest BCUT2D eigenvalue weighted by Gasteiger charge is 2.43. The molecule has 188 valence electrons. The number of benzene rings is 2. The van der Waals surface area contributed by atoms with Gasteiger partial charge < -0.3 is 8.85 Å². The first-order valence-electron chi connectivity index (χ1n) is 13.1. The van der Waals surface area contributed by atoms with Gasteiger partial charge in [-0.3, -0.25) is 0 Å². The predicted molar refractivity (Wildman–Crippen MR) is 155 cm³/mol. The van der Waals surface area contributed by atoms with Crippen molar-refractivity contribution in [3.05, 3.63) is 82.3 Å². The summed E-state index contributed by atoms with van der Waals surface area (Å²) in [6.07, 6.45) is 2.65. The quantitative estimate of drug-likeness (QED) is 0.365. The highest BCUT2D eigenvalue weighted by Crippen LogP contribution is 2.48. The fourth-order valence-corrected chi connectivity index (χ4v) is 6.71. The third-order valence-electron chi connectivity index (χ3n) is 8.78. The molecule has 35 heavy (non-hydrogen) atoms. The Kier molecular flexibility index (Phi) is 6.55. The van der Waals surface area contributed by atoms with Gasteiger partial charge in [0.2, 0.25) is 16.6 Å². The summed E-state index contributed by atoms with van der Waals surface area (Å²) in [5.41, 5.74) is 8.18. The van der Waals surface area contributed by atoms with Crippen LogP contribution in [-0.2, 0) is 21.7 Å². The van der Waals surface area contributed by atoms with Gasteiger partial charge in [0.15, 0.2) is 0 Å². The lowest BCUT2D eigenvalue weighted by Gasteiger charge is -2.38. The van der Waals surface area contributed by atoms with Gasteiger partial charge in [-0.1, -0.05) is 90.1 Å². The maximum atomic E-state index is 7.01. The molecule has 0 aliphatic heterocycles. The van der Waals surface area contributed by atoms with Gasteiger partial charge in [-0.05, 0) is 58.5 Å². The molecule has 2 aromatic rings. The average molecular weight is 505 g/mol. The number of hydrogen-bond acceptors (Lipinski definition) is 2. The van der Waals surface area contributed by atoms with Gasteiger partial charge in [0.05, 0.1) is 11.5 Å². The summed E-state index contributed by atoms with van der Waals surface area (Å²) in [6.45, 7) is 23.4. The van der Waals surface area contributed by atoms with E-state index in [2.05, 4.69) is 116 Å². The lowest BCUT2D eigenvalue weighted by molar-refractivity contribution is 0.377. The summed E-state index contributed by atoms with van der Waals surface area (Å²) in [5.74, 6) is 2.36. The zero-order chi connectivity index (χ0) is 25.8. The van der Waals surface area contributed by atoms with E-state index in [1.54, 1.807) is 0 Å². The second-order valence-electron chi connectivity index (χ2n) is 13.4. The molecule has 0 aromatic heterocycles. The Morgan fingerprint density at radius 2 is 0.943 bits per heavy atom. The topological polar surface area (TPSA) is 18.5 Å². The zero-order valence-corrected chi connectivity index (χ0v) is 25.6. The molecule has 0 heterocycles.